The number of aryl methyl sites for hydroxylation is 2. The van der Waals surface area contributed by atoms with Crippen molar-refractivity contribution in [1.29, 1.82) is 0 Å². The average Bonchev–Trinajstić information content (AvgIpc) is 3.29. The van der Waals surface area contributed by atoms with Gasteiger partial charge in [-0.15, -0.1) is 0 Å². The Hall–Kier alpha value is -2.44. The first-order valence-corrected chi connectivity index (χ1v) is 9.06. The smallest absolute Gasteiger partial charge is 0.255 e. The Balaban J connectivity index is 1.68. The number of nitrogens with zero attached hydrogens (tertiary/aromatic N) is 3. The highest BCUT2D eigenvalue weighted by Gasteiger charge is 2.35. The minimum atomic E-state index is -0.201. The van der Waals surface area contributed by atoms with Gasteiger partial charge in [-0.05, 0) is 44.1 Å². The number of amides is 1. The Morgan fingerprint density at radius 3 is 3.00 bits per heavy atom. The number of fused-ring (bicyclic) bond motifs is 1. The summed E-state index contributed by atoms with van der Waals surface area (Å²) in [6, 6.07) is 1.28. The van der Waals surface area contributed by atoms with Crippen LogP contribution < -0.4 is 5.56 Å². The topological polar surface area (TPSA) is 92.1 Å². The first kappa shape index (κ1) is 16.1. The predicted octanol–water partition coefficient (Wildman–Crippen LogP) is 2.18. The zero-order valence-electron chi connectivity index (χ0n) is 14.4. The molecular weight excluding hydrogens is 320 g/mol. The Kier molecular flexibility index (Phi) is 4.15. The van der Waals surface area contributed by atoms with Crippen LogP contribution in [0.25, 0.3) is 0 Å². The van der Waals surface area contributed by atoms with Crippen molar-refractivity contribution in [1.82, 2.24) is 20.0 Å². The van der Waals surface area contributed by atoms with Crippen molar-refractivity contribution in [2.24, 2.45) is 0 Å². The largest absolute Gasteiger partial charge is 0.339 e. The van der Waals surface area contributed by atoms with Gasteiger partial charge in [-0.1, -0.05) is 12.1 Å². The van der Waals surface area contributed by atoms with Crippen LogP contribution in [0.15, 0.2) is 15.4 Å². The van der Waals surface area contributed by atoms with E-state index >= 15 is 0 Å². The van der Waals surface area contributed by atoms with E-state index in [2.05, 4.69) is 15.1 Å². The molecule has 2 aromatic heterocycles. The monoisotopic (exact) mass is 342 g/mol. The number of hydrogen-bond acceptors (Lipinski definition) is 5. The number of rotatable bonds is 3. The van der Waals surface area contributed by atoms with Gasteiger partial charge in [0.2, 0.25) is 11.4 Å². The van der Waals surface area contributed by atoms with E-state index in [1.807, 2.05) is 6.92 Å². The number of likely N-dealkylation sites (tertiary alicyclic amines) is 1. The highest BCUT2D eigenvalue weighted by molar-refractivity contribution is 5.96. The van der Waals surface area contributed by atoms with Crippen molar-refractivity contribution in [2.75, 3.05) is 6.54 Å². The van der Waals surface area contributed by atoms with Crippen LogP contribution in [0.4, 0.5) is 0 Å². The molecule has 2 aromatic rings. The molecule has 1 saturated heterocycles. The molecule has 1 atom stereocenters. The highest BCUT2D eigenvalue weighted by atomic mass is 16.5. The lowest BCUT2D eigenvalue weighted by atomic mass is 9.91. The van der Waals surface area contributed by atoms with Gasteiger partial charge in [-0.2, -0.15) is 4.98 Å². The molecule has 0 aromatic carbocycles. The van der Waals surface area contributed by atoms with Crippen LogP contribution >= 0.6 is 0 Å². The van der Waals surface area contributed by atoms with Crippen molar-refractivity contribution in [3.05, 3.63) is 45.0 Å². The standard InChI is InChI=1S/C18H22N4O3/c1-2-16-20-17(21-25-16)14-8-5-9-22(14)18(24)12-10-15(23)19-13-7-4-3-6-11(12)13/h10,14H,2-9H2,1H3,(H,19,23). The minimum Gasteiger partial charge on any atom is -0.339 e. The van der Waals surface area contributed by atoms with Crippen LogP contribution in [-0.4, -0.2) is 32.5 Å². The van der Waals surface area contributed by atoms with Crippen LogP contribution in [0, 0.1) is 0 Å². The molecule has 1 fully saturated rings. The Labute approximate surface area is 145 Å². The van der Waals surface area contributed by atoms with E-state index in [0.717, 1.165) is 49.8 Å². The van der Waals surface area contributed by atoms with Crippen molar-refractivity contribution in [3.63, 3.8) is 0 Å². The molecule has 1 amide bonds. The van der Waals surface area contributed by atoms with E-state index in [1.165, 1.54) is 6.07 Å². The van der Waals surface area contributed by atoms with Crippen molar-refractivity contribution < 1.29 is 9.32 Å². The number of carbonyl (C=O) groups is 1. The SMILES string of the molecule is CCc1nc(C2CCCN2C(=O)c2cc(=O)[nH]c3c2CCCC3)no1. The summed E-state index contributed by atoms with van der Waals surface area (Å²) < 4.78 is 5.22. The van der Waals surface area contributed by atoms with Crippen LogP contribution in [0.5, 0.6) is 0 Å². The molecule has 1 aliphatic carbocycles. The summed E-state index contributed by atoms with van der Waals surface area (Å²) in [7, 11) is 0. The Bertz CT molecular complexity index is 854. The molecule has 25 heavy (non-hydrogen) atoms. The lowest BCUT2D eigenvalue weighted by molar-refractivity contribution is 0.0726. The second-order valence-corrected chi connectivity index (χ2v) is 6.77. The molecule has 132 valence electrons. The molecule has 1 unspecified atom stereocenters. The third-order valence-corrected chi connectivity index (χ3v) is 5.17. The summed E-state index contributed by atoms with van der Waals surface area (Å²) in [6.07, 6.45) is 6.17. The van der Waals surface area contributed by atoms with Gasteiger partial charge in [0.05, 0.1) is 6.04 Å². The fourth-order valence-corrected chi connectivity index (χ4v) is 3.91. The van der Waals surface area contributed by atoms with Gasteiger partial charge >= 0.3 is 0 Å². The fourth-order valence-electron chi connectivity index (χ4n) is 3.91. The van der Waals surface area contributed by atoms with Crippen LogP contribution in [0.3, 0.4) is 0 Å². The van der Waals surface area contributed by atoms with E-state index in [4.69, 9.17) is 4.52 Å². The summed E-state index contributed by atoms with van der Waals surface area (Å²) >= 11 is 0. The highest BCUT2D eigenvalue weighted by Crippen LogP contribution is 2.33. The second-order valence-electron chi connectivity index (χ2n) is 6.77. The average molecular weight is 342 g/mol. The molecule has 1 N–H and O–H groups in total. The number of H-pyrrole nitrogens is 1. The number of hydrogen-bond donors (Lipinski definition) is 1. The van der Waals surface area contributed by atoms with E-state index < -0.39 is 0 Å². The van der Waals surface area contributed by atoms with Gasteiger partial charge in [0.25, 0.3) is 5.91 Å². The Morgan fingerprint density at radius 2 is 2.20 bits per heavy atom. The molecule has 4 rings (SSSR count). The van der Waals surface area contributed by atoms with Crippen molar-refractivity contribution in [2.45, 2.75) is 57.9 Å². The van der Waals surface area contributed by atoms with E-state index in [9.17, 15) is 9.59 Å². The van der Waals surface area contributed by atoms with Gasteiger partial charge in [-0.25, -0.2) is 0 Å². The molecule has 7 nitrogen and oxygen atoms in total. The lowest BCUT2D eigenvalue weighted by Crippen LogP contribution is -2.33. The molecule has 1 aliphatic heterocycles. The summed E-state index contributed by atoms with van der Waals surface area (Å²) in [5, 5.41) is 4.05. The van der Waals surface area contributed by atoms with Crippen molar-refractivity contribution >= 4 is 5.91 Å². The maximum Gasteiger partial charge on any atom is 0.255 e. The van der Waals surface area contributed by atoms with Crippen LogP contribution in [0.1, 0.15) is 72.0 Å². The minimum absolute atomic E-state index is 0.0883. The fraction of sp³-hybridized carbons (Fsp3) is 0.556. The number of carbonyl (C=O) groups excluding carboxylic acids is 1. The number of pyridine rings is 1. The predicted molar refractivity (Wildman–Crippen MR) is 90.4 cm³/mol. The van der Waals surface area contributed by atoms with Crippen molar-refractivity contribution in [3.8, 4) is 0 Å². The van der Waals surface area contributed by atoms with Crippen LogP contribution in [-0.2, 0) is 19.3 Å². The first-order valence-electron chi connectivity index (χ1n) is 9.06. The first-order chi connectivity index (χ1) is 12.2. The zero-order valence-corrected chi connectivity index (χ0v) is 14.4. The molecule has 0 saturated carbocycles. The molecular formula is C18H22N4O3. The lowest BCUT2D eigenvalue weighted by Gasteiger charge is -2.25. The van der Waals surface area contributed by atoms with E-state index in [0.29, 0.717) is 30.2 Å². The quantitative estimate of drug-likeness (QED) is 0.923. The van der Waals surface area contributed by atoms with Gasteiger partial charge in [0.1, 0.15) is 0 Å². The molecule has 7 heteroatoms. The van der Waals surface area contributed by atoms with Gasteiger partial charge in [0.15, 0.2) is 5.82 Å². The van der Waals surface area contributed by atoms with Crippen LogP contribution in [0.2, 0.25) is 0 Å². The maximum atomic E-state index is 13.2. The molecule has 0 radical (unpaired) electrons. The summed E-state index contributed by atoms with van der Waals surface area (Å²) in [6.45, 7) is 2.61. The maximum absolute atomic E-state index is 13.2. The third-order valence-electron chi connectivity index (χ3n) is 5.17. The third kappa shape index (κ3) is 2.88. The van der Waals surface area contributed by atoms with Gasteiger partial charge < -0.3 is 14.4 Å². The summed E-state index contributed by atoms with van der Waals surface area (Å²) in [4.78, 5) is 34.3. The van der Waals surface area contributed by atoms with Gasteiger partial charge in [0, 0.05) is 30.3 Å². The number of aromatic nitrogens is 3. The van der Waals surface area contributed by atoms with E-state index in [-0.39, 0.29) is 17.5 Å². The molecule has 3 heterocycles. The Morgan fingerprint density at radius 1 is 1.36 bits per heavy atom. The number of nitrogens with one attached hydrogen (secondary N) is 1. The summed E-state index contributed by atoms with van der Waals surface area (Å²) in [5.41, 5.74) is 2.27. The zero-order chi connectivity index (χ0) is 17.4. The van der Waals surface area contributed by atoms with E-state index in [1.54, 1.807) is 4.90 Å². The molecule has 0 bridgehead atoms. The summed E-state index contributed by atoms with van der Waals surface area (Å²) in [5.74, 6) is 1.07. The normalized spacial score (nSPS) is 19.9. The second kappa shape index (κ2) is 6.46. The van der Waals surface area contributed by atoms with Gasteiger partial charge in [-0.3, -0.25) is 9.59 Å². The number of aromatic amines is 1. The molecule has 2 aliphatic rings. The molecule has 0 spiro atoms.